The van der Waals surface area contributed by atoms with Crippen molar-refractivity contribution >= 4 is 55.1 Å². The van der Waals surface area contributed by atoms with Gasteiger partial charge in [0, 0.05) is 39.3 Å². The Morgan fingerprint density at radius 1 is 0.569 bits per heavy atom. The van der Waals surface area contributed by atoms with Crippen molar-refractivity contribution < 1.29 is 0 Å². The minimum absolute atomic E-state index is 0.144. The first-order valence-corrected chi connectivity index (χ1v) is 17.7. The summed E-state index contributed by atoms with van der Waals surface area (Å²) >= 11 is 0. The summed E-state index contributed by atoms with van der Waals surface area (Å²) in [5.74, 6) is 0. The van der Waals surface area contributed by atoms with Crippen LogP contribution in [0.1, 0.15) is 36.1 Å². The second kappa shape index (κ2) is 11.1. The van der Waals surface area contributed by atoms with E-state index in [9.17, 15) is 0 Å². The molecule has 8 aromatic rings. The fourth-order valence-electron chi connectivity index (χ4n) is 8.65. The highest BCUT2D eigenvalue weighted by molar-refractivity contribution is 6.15. The van der Waals surface area contributed by atoms with E-state index in [1.807, 2.05) is 0 Å². The number of hydrogen-bond acceptors (Lipinski definition) is 1. The number of allylic oxidation sites excluding steroid dienone is 4. The van der Waals surface area contributed by atoms with Gasteiger partial charge in [-0.3, -0.25) is 0 Å². The third-order valence-corrected chi connectivity index (χ3v) is 11.0. The second-order valence-electron chi connectivity index (χ2n) is 14.3. The quantitative estimate of drug-likeness (QED) is 0.184. The molecule has 0 radical (unpaired) electrons. The van der Waals surface area contributed by atoms with Crippen molar-refractivity contribution in [1.29, 1.82) is 0 Å². The molecule has 2 aliphatic rings. The van der Waals surface area contributed by atoms with Gasteiger partial charge in [0.15, 0.2) is 0 Å². The van der Waals surface area contributed by atoms with Crippen LogP contribution in [0.2, 0.25) is 0 Å². The maximum atomic E-state index is 4.62. The lowest BCUT2D eigenvalue weighted by Crippen LogP contribution is -2.15. The number of para-hydroxylation sites is 2. The number of benzene rings is 7. The first kappa shape index (κ1) is 29.5. The standard InChI is InChI=1S/C49H36N2/c1-32-29-36(27-28-50(44-20-12-10-17-39(32)44)38-23-21-33-13-7-8-14-34(33)30-38)35-22-25-45-42(31-35)47-46(51(45)37-15-5-4-6-16-37)26-24-41-40-18-9-11-19-43(40)49(2,3)48(41)47/h4-31H,1H2,2-3H3/b28-27-,36-29+. The monoisotopic (exact) mass is 652 g/mol. The third-order valence-electron chi connectivity index (χ3n) is 11.0. The van der Waals surface area contributed by atoms with Crippen LogP contribution in [-0.4, -0.2) is 4.57 Å². The number of anilines is 2. The molecule has 2 heteroatoms. The van der Waals surface area contributed by atoms with Crippen molar-refractivity contribution in [2.45, 2.75) is 19.3 Å². The Balaban J connectivity index is 1.20. The molecular formula is C49H36N2. The van der Waals surface area contributed by atoms with Gasteiger partial charge in [0.25, 0.3) is 0 Å². The van der Waals surface area contributed by atoms with Gasteiger partial charge in [0.1, 0.15) is 0 Å². The van der Waals surface area contributed by atoms with Gasteiger partial charge in [0.05, 0.1) is 16.7 Å². The Morgan fingerprint density at radius 3 is 2.16 bits per heavy atom. The number of fused-ring (bicyclic) bond motifs is 9. The van der Waals surface area contributed by atoms with Crippen LogP contribution in [0.5, 0.6) is 0 Å². The zero-order chi connectivity index (χ0) is 34.3. The molecule has 2 nitrogen and oxygen atoms in total. The van der Waals surface area contributed by atoms with Crippen LogP contribution in [0, 0.1) is 0 Å². The number of rotatable bonds is 3. The van der Waals surface area contributed by atoms with E-state index in [2.05, 4.69) is 200 Å². The average molecular weight is 653 g/mol. The SMILES string of the molecule is C=C1/C=C(c2ccc3c(c2)c2c4c(ccc2n3-c2ccccc2)-c2ccccc2C4(C)C)\C=C/N(c2ccc3ccccc3c2)c2ccccc21. The highest BCUT2D eigenvalue weighted by atomic mass is 15.1. The minimum atomic E-state index is -0.144. The molecule has 1 aliphatic carbocycles. The molecule has 242 valence electrons. The molecule has 0 bridgehead atoms. The molecule has 0 spiro atoms. The third kappa shape index (κ3) is 4.43. The van der Waals surface area contributed by atoms with Crippen molar-refractivity contribution in [2.24, 2.45) is 0 Å². The van der Waals surface area contributed by atoms with E-state index in [0.29, 0.717) is 0 Å². The van der Waals surface area contributed by atoms with E-state index in [4.69, 9.17) is 0 Å². The Kier molecular flexibility index (Phi) is 6.41. The summed E-state index contributed by atoms with van der Waals surface area (Å²) in [5, 5.41) is 5.04. The van der Waals surface area contributed by atoms with Crippen molar-refractivity contribution in [3.8, 4) is 16.8 Å². The summed E-state index contributed by atoms with van der Waals surface area (Å²) < 4.78 is 2.44. The summed E-state index contributed by atoms with van der Waals surface area (Å²) in [6.45, 7) is 9.38. The van der Waals surface area contributed by atoms with E-state index in [1.54, 1.807) is 0 Å². The van der Waals surface area contributed by atoms with E-state index >= 15 is 0 Å². The molecule has 0 saturated heterocycles. The van der Waals surface area contributed by atoms with Crippen molar-refractivity contribution in [3.63, 3.8) is 0 Å². The molecule has 1 aliphatic heterocycles. The number of nitrogens with zero attached hydrogens (tertiary/aromatic N) is 2. The molecule has 1 aromatic heterocycles. The molecule has 10 rings (SSSR count). The predicted molar refractivity (Wildman–Crippen MR) is 217 cm³/mol. The Labute approximate surface area is 298 Å². The molecule has 0 amide bonds. The largest absolute Gasteiger partial charge is 0.317 e. The summed E-state index contributed by atoms with van der Waals surface area (Å²) in [6, 6.07) is 55.2. The zero-order valence-electron chi connectivity index (χ0n) is 28.8. The van der Waals surface area contributed by atoms with Gasteiger partial charge in [-0.25, -0.2) is 0 Å². The molecule has 0 atom stereocenters. The molecular weight excluding hydrogens is 617 g/mol. The molecule has 0 N–H and O–H groups in total. The fourth-order valence-corrected chi connectivity index (χ4v) is 8.65. The number of aromatic nitrogens is 1. The zero-order valence-corrected chi connectivity index (χ0v) is 28.8. The fraction of sp³-hybridized carbons (Fsp3) is 0.0612. The molecule has 7 aromatic carbocycles. The lowest BCUT2D eigenvalue weighted by molar-refractivity contribution is 0.666. The highest BCUT2D eigenvalue weighted by Gasteiger charge is 2.38. The Morgan fingerprint density at radius 2 is 1.29 bits per heavy atom. The van der Waals surface area contributed by atoms with Crippen molar-refractivity contribution in [2.75, 3.05) is 4.90 Å². The van der Waals surface area contributed by atoms with E-state index in [1.165, 1.54) is 60.5 Å². The summed E-state index contributed by atoms with van der Waals surface area (Å²) in [7, 11) is 0. The van der Waals surface area contributed by atoms with E-state index in [0.717, 1.165) is 33.6 Å². The lowest BCUT2D eigenvalue weighted by atomic mass is 9.80. The van der Waals surface area contributed by atoms with Crippen LogP contribution >= 0.6 is 0 Å². The van der Waals surface area contributed by atoms with Crippen LogP contribution in [0.3, 0.4) is 0 Å². The maximum absolute atomic E-state index is 4.62. The topological polar surface area (TPSA) is 8.17 Å². The predicted octanol–water partition coefficient (Wildman–Crippen LogP) is 13.0. The van der Waals surface area contributed by atoms with Gasteiger partial charge >= 0.3 is 0 Å². The van der Waals surface area contributed by atoms with Gasteiger partial charge in [-0.1, -0.05) is 124 Å². The molecule has 2 heterocycles. The first-order chi connectivity index (χ1) is 25.0. The van der Waals surface area contributed by atoms with Crippen LogP contribution in [0.25, 0.3) is 60.5 Å². The van der Waals surface area contributed by atoms with E-state index < -0.39 is 0 Å². The first-order valence-electron chi connectivity index (χ1n) is 17.7. The normalized spacial score (nSPS) is 16.3. The molecule has 51 heavy (non-hydrogen) atoms. The average Bonchev–Trinajstić information content (AvgIpc) is 3.62. The molecule has 0 fully saturated rings. The summed E-state index contributed by atoms with van der Waals surface area (Å²) in [5.41, 5.74) is 15.5. The van der Waals surface area contributed by atoms with Crippen LogP contribution in [0.15, 0.2) is 177 Å². The van der Waals surface area contributed by atoms with Gasteiger partial charge in [-0.2, -0.15) is 0 Å². The van der Waals surface area contributed by atoms with Gasteiger partial charge in [-0.15, -0.1) is 0 Å². The van der Waals surface area contributed by atoms with Crippen LogP contribution < -0.4 is 4.90 Å². The molecule has 0 unspecified atom stereocenters. The Bertz CT molecular complexity index is 2790. The highest BCUT2D eigenvalue weighted by Crippen LogP contribution is 2.53. The van der Waals surface area contributed by atoms with Crippen molar-refractivity contribution in [3.05, 3.63) is 199 Å². The van der Waals surface area contributed by atoms with Crippen molar-refractivity contribution in [1.82, 2.24) is 4.57 Å². The lowest BCUT2D eigenvalue weighted by Gasteiger charge is -2.26. The summed E-state index contributed by atoms with van der Waals surface area (Å²) in [4.78, 5) is 2.30. The van der Waals surface area contributed by atoms with Gasteiger partial charge in [-0.05, 0) is 110 Å². The van der Waals surface area contributed by atoms with Crippen LogP contribution in [0.4, 0.5) is 11.4 Å². The molecule has 0 saturated carbocycles. The number of hydrogen-bond donors (Lipinski definition) is 0. The van der Waals surface area contributed by atoms with E-state index in [-0.39, 0.29) is 5.41 Å². The summed E-state index contributed by atoms with van der Waals surface area (Å²) in [6.07, 6.45) is 6.71. The van der Waals surface area contributed by atoms with Gasteiger partial charge < -0.3 is 9.47 Å². The second-order valence-corrected chi connectivity index (χ2v) is 14.3. The maximum Gasteiger partial charge on any atom is 0.0544 e. The smallest absolute Gasteiger partial charge is 0.0544 e. The minimum Gasteiger partial charge on any atom is -0.317 e. The van der Waals surface area contributed by atoms with Crippen LogP contribution in [-0.2, 0) is 5.41 Å². The Hall–Kier alpha value is -6.38. The van der Waals surface area contributed by atoms with Gasteiger partial charge in [0.2, 0.25) is 0 Å².